The van der Waals surface area contributed by atoms with Gasteiger partial charge in [0.15, 0.2) is 6.10 Å². The zero-order valence-electron chi connectivity index (χ0n) is 23.2. The number of hydrogen-bond acceptors (Lipinski definition) is 7. The van der Waals surface area contributed by atoms with Crippen molar-refractivity contribution in [3.8, 4) is 11.1 Å². The van der Waals surface area contributed by atoms with Crippen LogP contribution >= 0.6 is 0 Å². The first kappa shape index (κ1) is 26.1. The molecule has 0 atom stereocenters. The fourth-order valence-corrected chi connectivity index (χ4v) is 6.03. The number of carbonyl (C=O) groups excluding carboxylic acids is 1. The van der Waals surface area contributed by atoms with Crippen LogP contribution in [0.1, 0.15) is 32.3 Å². The molecule has 5 heterocycles. The average molecular weight is 534 g/mol. The Morgan fingerprint density at radius 2 is 1.72 bits per heavy atom. The third-order valence-electron chi connectivity index (χ3n) is 8.71. The molecule has 3 fully saturated rings. The smallest absolute Gasteiger partial charge is 0.410 e. The van der Waals surface area contributed by atoms with Crippen molar-refractivity contribution in [2.75, 3.05) is 64.5 Å². The Hall–Kier alpha value is -3.14. The van der Waals surface area contributed by atoms with Gasteiger partial charge < -0.3 is 28.9 Å². The molecule has 1 amide bonds. The van der Waals surface area contributed by atoms with E-state index in [9.17, 15) is 4.79 Å². The molecule has 0 saturated carbocycles. The monoisotopic (exact) mass is 533 g/mol. The minimum absolute atomic E-state index is 0.0958. The van der Waals surface area contributed by atoms with Crippen LogP contribution in [0.3, 0.4) is 0 Å². The molecule has 9 nitrogen and oxygen atoms in total. The standard InChI is InChI=1S/C30H39N5O4/c1-22(2)32-12-9-30(37-3,10-13-32)25-6-4-23(5-7-25)24-18-28-27(8-11-31-35(28)19-24)33-14-16-34(17-15-33)29(36)39-26-20-38-21-26/h4-8,11,18-19,22,26H,9-10,12-17,20-21H2,1-3H3. The van der Waals surface area contributed by atoms with E-state index in [-0.39, 0.29) is 17.8 Å². The fraction of sp³-hybridized carbons (Fsp3) is 0.533. The van der Waals surface area contributed by atoms with Gasteiger partial charge in [-0.3, -0.25) is 0 Å². The van der Waals surface area contributed by atoms with E-state index in [1.165, 1.54) is 5.56 Å². The number of piperidine rings is 1. The average Bonchev–Trinajstić information content (AvgIpc) is 3.40. The second-order valence-corrected chi connectivity index (χ2v) is 11.2. The van der Waals surface area contributed by atoms with Gasteiger partial charge in [-0.2, -0.15) is 5.10 Å². The number of carbonyl (C=O) groups is 1. The molecule has 3 saturated heterocycles. The number of methoxy groups -OCH3 is 1. The summed E-state index contributed by atoms with van der Waals surface area (Å²) in [5, 5.41) is 4.58. The molecule has 39 heavy (non-hydrogen) atoms. The number of amides is 1. The van der Waals surface area contributed by atoms with Crippen molar-refractivity contribution >= 4 is 17.3 Å². The predicted molar refractivity (Wildman–Crippen MR) is 150 cm³/mol. The zero-order chi connectivity index (χ0) is 27.0. The number of rotatable bonds is 6. The molecule has 0 unspecified atom stereocenters. The summed E-state index contributed by atoms with van der Waals surface area (Å²) < 4.78 is 18.7. The van der Waals surface area contributed by atoms with Crippen molar-refractivity contribution in [2.45, 2.75) is 44.4 Å². The number of fused-ring (bicyclic) bond motifs is 1. The second-order valence-electron chi connectivity index (χ2n) is 11.2. The van der Waals surface area contributed by atoms with Crippen LogP contribution in [-0.4, -0.2) is 97.2 Å². The van der Waals surface area contributed by atoms with Gasteiger partial charge >= 0.3 is 6.09 Å². The summed E-state index contributed by atoms with van der Waals surface area (Å²) in [5.74, 6) is 0. The fourth-order valence-electron chi connectivity index (χ4n) is 6.03. The highest BCUT2D eigenvalue weighted by molar-refractivity contribution is 5.80. The van der Waals surface area contributed by atoms with Gasteiger partial charge in [-0.05, 0) is 49.9 Å². The Morgan fingerprint density at radius 3 is 2.33 bits per heavy atom. The molecular weight excluding hydrogens is 494 g/mol. The molecule has 0 radical (unpaired) electrons. The van der Waals surface area contributed by atoms with E-state index in [0.717, 1.165) is 61.4 Å². The Labute approximate surface area is 230 Å². The molecule has 3 aromatic rings. The quantitative estimate of drug-likeness (QED) is 0.474. The molecule has 208 valence electrons. The van der Waals surface area contributed by atoms with Crippen LogP contribution in [0.5, 0.6) is 0 Å². The van der Waals surface area contributed by atoms with E-state index in [1.54, 1.807) is 4.90 Å². The molecule has 9 heteroatoms. The third kappa shape index (κ3) is 5.11. The highest BCUT2D eigenvalue weighted by atomic mass is 16.6. The summed E-state index contributed by atoms with van der Waals surface area (Å²) >= 11 is 0. The van der Waals surface area contributed by atoms with Crippen molar-refractivity contribution in [1.82, 2.24) is 19.4 Å². The Morgan fingerprint density at radius 1 is 1.00 bits per heavy atom. The van der Waals surface area contributed by atoms with Gasteiger partial charge in [0.25, 0.3) is 0 Å². The largest absolute Gasteiger partial charge is 0.441 e. The summed E-state index contributed by atoms with van der Waals surface area (Å²) in [6.07, 6.45) is 5.61. The molecule has 0 bridgehead atoms. The molecule has 0 spiro atoms. The summed E-state index contributed by atoms with van der Waals surface area (Å²) in [4.78, 5) is 19.1. The van der Waals surface area contributed by atoms with Crippen molar-refractivity contribution in [3.63, 3.8) is 0 Å². The van der Waals surface area contributed by atoms with Crippen LogP contribution < -0.4 is 4.90 Å². The number of anilines is 1. The van der Waals surface area contributed by atoms with Gasteiger partial charge in [0.1, 0.15) is 0 Å². The minimum atomic E-state index is -0.239. The van der Waals surface area contributed by atoms with Crippen LogP contribution in [0, 0.1) is 0 Å². The first-order valence-corrected chi connectivity index (χ1v) is 14.1. The first-order chi connectivity index (χ1) is 19.0. The predicted octanol–water partition coefficient (Wildman–Crippen LogP) is 4.00. The van der Waals surface area contributed by atoms with Crippen molar-refractivity contribution in [1.29, 1.82) is 0 Å². The van der Waals surface area contributed by atoms with Gasteiger partial charge in [0.2, 0.25) is 0 Å². The minimum Gasteiger partial charge on any atom is -0.441 e. The molecule has 1 aromatic carbocycles. The van der Waals surface area contributed by atoms with Gasteiger partial charge in [-0.15, -0.1) is 0 Å². The lowest BCUT2D eigenvalue weighted by Crippen LogP contribution is -2.51. The Bertz CT molecular complexity index is 1290. The van der Waals surface area contributed by atoms with Gasteiger partial charge in [0, 0.05) is 70.4 Å². The van der Waals surface area contributed by atoms with Crippen molar-refractivity contribution in [3.05, 3.63) is 54.4 Å². The normalized spacial score (nSPS) is 20.4. The number of benzene rings is 1. The summed E-state index contributed by atoms with van der Waals surface area (Å²) in [6, 6.07) is 13.7. The van der Waals surface area contributed by atoms with Gasteiger partial charge in [-0.1, -0.05) is 24.3 Å². The number of ether oxygens (including phenoxy) is 3. The number of likely N-dealkylation sites (tertiary alicyclic amines) is 1. The molecule has 0 aliphatic carbocycles. The van der Waals surface area contributed by atoms with Crippen molar-refractivity contribution < 1.29 is 19.0 Å². The molecule has 0 N–H and O–H groups in total. The highest BCUT2D eigenvalue weighted by Gasteiger charge is 2.37. The highest BCUT2D eigenvalue weighted by Crippen LogP contribution is 2.38. The van der Waals surface area contributed by atoms with Crippen molar-refractivity contribution in [2.24, 2.45) is 0 Å². The molecular formula is C30H39N5O4. The van der Waals surface area contributed by atoms with E-state index in [2.05, 4.69) is 71.3 Å². The summed E-state index contributed by atoms with van der Waals surface area (Å²) in [7, 11) is 1.85. The van der Waals surface area contributed by atoms with Gasteiger partial charge in [-0.25, -0.2) is 9.31 Å². The van der Waals surface area contributed by atoms with E-state index in [1.807, 2.05) is 17.8 Å². The number of nitrogens with zero attached hydrogens (tertiary/aromatic N) is 5. The number of aromatic nitrogens is 2. The van der Waals surface area contributed by atoms with Crippen LogP contribution in [0.25, 0.3) is 16.6 Å². The van der Waals surface area contributed by atoms with Gasteiger partial charge in [0.05, 0.1) is 30.0 Å². The van der Waals surface area contributed by atoms with E-state index in [4.69, 9.17) is 14.2 Å². The summed E-state index contributed by atoms with van der Waals surface area (Å²) in [6.45, 7) is 10.4. The second kappa shape index (κ2) is 10.8. The molecule has 6 rings (SSSR count). The summed E-state index contributed by atoms with van der Waals surface area (Å²) in [5.41, 5.74) is 5.52. The van der Waals surface area contributed by atoms with Crippen LogP contribution in [0.15, 0.2) is 48.8 Å². The van der Waals surface area contributed by atoms with Crippen LogP contribution in [0.2, 0.25) is 0 Å². The number of hydrogen-bond donors (Lipinski definition) is 0. The third-order valence-corrected chi connectivity index (χ3v) is 8.71. The maximum Gasteiger partial charge on any atom is 0.410 e. The maximum atomic E-state index is 12.4. The zero-order valence-corrected chi connectivity index (χ0v) is 23.2. The maximum absolute atomic E-state index is 12.4. The SMILES string of the molecule is COC1(c2ccc(-c3cc4c(N5CCN(C(=O)OC6COC6)CC5)ccnn4c3)cc2)CCN(C(C)C)CC1. The van der Waals surface area contributed by atoms with E-state index in [0.29, 0.717) is 32.3 Å². The number of piperazine rings is 1. The molecule has 3 aliphatic rings. The molecule has 3 aliphatic heterocycles. The first-order valence-electron chi connectivity index (χ1n) is 14.1. The lowest BCUT2D eigenvalue weighted by Gasteiger charge is -2.42. The lowest BCUT2D eigenvalue weighted by molar-refractivity contribution is -0.104. The molecule has 2 aromatic heterocycles. The topological polar surface area (TPSA) is 71.8 Å². The van der Waals surface area contributed by atoms with Crippen LogP contribution in [-0.2, 0) is 19.8 Å². The Kier molecular flexibility index (Phi) is 7.22. The lowest BCUT2D eigenvalue weighted by atomic mass is 9.83. The van der Waals surface area contributed by atoms with E-state index < -0.39 is 0 Å². The van der Waals surface area contributed by atoms with E-state index >= 15 is 0 Å². The Balaban J connectivity index is 1.16. The van der Waals surface area contributed by atoms with Crippen LogP contribution in [0.4, 0.5) is 10.5 Å².